The van der Waals surface area contributed by atoms with Gasteiger partial charge < -0.3 is 9.84 Å². The number of hydrogen-bond donors (Lipinski definition) is 1. The highest BCUT2D eigenvalue weighted by atomic mass is 16.5. The molecule has 3 rings (SSSR count). The van der Waals surface area contributed by atoms with Crippen LogP contribution in [0.25, 0.3) is 11.0 Å². The minimum Gasteiger partial charge on any atom is -0.390 e. The Morgan fingerprint density at radius 2 is 2.35 bits per heavy atom. The molecule has 0 saturated carbocycles. The molecule has 3 heterocycles. The SMILES string of the molecule is OCc1ccc2nn(C3CCCOC3)cc2n1. The van der Waals surface area contributed by atoms with E-state index in [1.165, 1.54) is 0 Å². The number of fused-ring (bicyclic) bond motifs is 1. The number of aliphatic hydroxyl groups is 1. The van der Waals surface area contributed by atoms with E-state index in [0.717, 1.165) is 37.1 Å². The third kappa shape index (κ3) is 2.03. The molecule has 1 aliphatic heterocycles. The lowest BCUT2D eigenvalue weighted by molar-refractivity contribution is 0.0552. The first-order chi connectivity index (χ1) is 8.36. The molecule has 5 nitrogen and oxygen atoms in total. The summed E-state index contributed by atoms with van der Waals surface area (Å²) in [7, 11) is 0. The van der Waals surface area contributed by atoms with Crippen LogP contribution in [0.4, 0.5) is 0 Å². The van der Waals surface area contributed by atoms with E-state index in [-0.39, 0.29) is 6.61 Å². The summed E-state index contributed by atoms with van der Waals surface area (Å²) < 4.78 is 7.40. The standard InChI is InChI=1S/C12H15N3O2/c16-7-9-3-4-11-12(13-9)6-15(14-11)10-2-1-5-17-8-10/h3-4,6,10,16H,1-2,5,7-8H2. The molecule has 2 aromatic heterocycles. The van der Waals surface area contributed by atoms with Crippen molar-refractivity contribution in [3.05, 3.63) is 24.0 Å². The number of ether oxygens (including phenoxy) is 1. The molecule has 1 unspecified atom stereocenters. The number of aliphatic hydroxyl groups excluding tert-OH is 1. The Morgan fingerprint density at radius 3 is 3.12 bits per heavy atom. The van der Waals surface area contributed by atoms with Crippen LogP contribution in [-0.4, -0.2) is 33.1 Å². The van der Waals surface area contributed by atoms with E-state index >= 15 is 0 Å². The maximum Gasteiger partial charge on any atom is 0.111 e. The highest BCUT2D eigenvalue weighted by Crippen LogP contribution is 2.21. The lowest BCUT2D eigenvalue weighted by atomic mass is 10.1. The van der Waals surface area contributed by atoms with E-state index in [0.29, 0.717) is 11.7 Å². The molecule has 90 valence electrons. The van der Waals surface area contributed by atoms with Crippen LogP contribution in [-0.2, 0) is 11.3 Å². The Morgan fingerprint density at radius 1 is 1.41 bits per heavy atom. The maximum absolute atomic E-state index is 9.04. The molecule has 0 amide bonds. The first-order valence-electron chi connectivity index (χ1n) is 5.90. The summed E-state index contributed by atoms with van der Waals surface area (Å²) in [4.78, 5) is 4.34. The summed E-state index contributed by atoms with van der Waals surface area (Å²) in [5.74, 6) is 0. The first kappa shape index (κ1) is 10.7. The van der Waals surface area contributed by atoms with Crippen LogP contribution in [0.3, 0.4) is 0 Å². The molecule has 1 saturated heterocycles. The van der Waals surface area contributed by atoms with Crippen LogP contribution >= 0.6 is 0 Å². The number of hydrogen-bond acceptors (Lipinski definition) is 4. The predicted molar refractivity (Wildman–Crippen MR) is 62.5 cm³/mol. The van der Waals surface area contributed by atoms with Gasteiger partial charge in [-0.05, 0) is 25.0 Å². The van der Waals surface area contributed by atoms with Gasteiger partial charge in [0.15, 0.2) is 0 Å². The Bertz CT molecular complexity index is 517. The van der Waals surface area contributed by atoms with Gasteiger partial charge in [-0.15, -0.1) is 0 Å². The fraction of sp³-hybridized carbons (Fsp3) is 0.500. The fourth-order valence-corrected chi connectivity index (χ4v) is 2.18. The Labute approximate surface area is 99.0 Å². The van der Waals surface area contributed by atoms with Gasteiger partial charge in [-0.25, -0.2) is 4.98 Å². The Kier molecular flexibility index (Phi) is 2.78. The molecule has 17 heavy (non-hydrogen) atoms. The van der Waals surface area contributed by atoms with Crippen LogP contribution in [0.15, 0.2) is 18.3 Å². The van der Waals surface area contributed by atoms with Crippen molar-refractivity contribution in [2.45, 2.75) is 25.5 Å². The van der Waals surface area contributed by atoms with Crippen molar-refractivity contribution in [3.63, 3.8) is 0 Å². The zero-order valence-corrected chi connectivity index (χ0v) is 9.54. The van der Waals surface area contributed by atoms with E-state index in [2.05, 4.69) is 10.1 Å². The third-order valence-electron chi connectivity index (χ3n) is 3.11. The van der Waals surface area contributed by atoms with Crippen molar-refractivity contribution in [1.82, 2.24) is 14.8 Å². The van der Waals surface area contributed by atoms with Crippen LogP contribution in [0.2, 0.25) is 0 Å². The summed E-state index contributed by atoms with van der Waals surface area (Å²) in [6.45, 7) is 1.54. The van der Waals surface area contributed by atoms with Crippen molar-refractivity contribution in [2.24, 2.45) is 0 Å². The predicted octanol–water partition coefficient (Wildman–Crippen LogP) is 1.28. The van der Waals surface area contributed by atoms with E-state index in [9.17, 15) is 0 Å². The van der Waals surface area contributed by atoms with Crippen molar-refractivity contribution < 1.29 is 9.84 Å². The maximum atomic E-state index is 9.04. The molecule has 0 radical (unpaired) electrons. The zero-order valence-electron chi connectivity index (χ0n) is 9.54. The summed E-state index contributed by atoms with van der Waals surface area (Å²) in [5.41, 5.74) is 2.38. The highest BCUT2D eigenvalue weighted by molar-refractivity contribution is 5.73. The second kappa shape index (κ2) is 4.43. The average Bonchev–Trinajstić information content (AvgIpc) is 2.82. The topological polar surface area (TPSA) is 60.2 Å². The molecule has 1 aliphatic rings. The van der Waals surface area contributed by atoms with Crippen LogP contribution in [0, 0.1) is 0 Å². The minimum atomic E-state index is -0.0341. The van der Waals surface area contributed by atoms with Gasteiger partial charge in [-0.3, -0.25) is 4.68 Å². The second-order valence-electron chi connectivity index (χ2n) is 4.35. The minimum absolute atomic E-state index is 0.0341. The van der Waals surface area contributed by atoms with Gasteiger partial charge in [0.1, 0.15) is 11.0 Å². The largest absolute Gasteiger partial charge is 0.390 e. The summed E-state index contributed by atoms with van der Waals surface area (Å²) >= 11 is 0. The molecule has 0 spiro atoms. The van der Waals surface area contributed by atoms with Crippen LogP contribution < -0.4 is 0 Å². The molecule has 1 N–H and O–H groups in total. The van der Waals surface area contributed by atoms with Gasteiger partial charge in [-0.1, -0.05) is 0 Å². The molecule has 1 atom stereocenters. The number of rotatable bonds is 2. The summed E-state index contributed by atoms with van der Waals surface area (Å²) in [6, 6.07) is 4.01. The molecule has 0 aromatic carbocycles. The number of nitrogens with zero attached hydrogens (tertiary/aromatic N) is 3. The van der Waals surface area contributed by atoms with Crippen LogP contribution in [0.5, 0.6) is 0 Å². The fourth-order valence-electron chi connectivity index (χ4n) is 2.18. The van der Waals surface area contributed by atoms with E-state index in [1.807, 2.05) is 16.9 Å². The van der Waals surface area contributed by atoms with Crippen LogP contribution in [0.1, 0.15) is 24.6 Å². The summed E-state index contributed by atoms with van der Waals surface area (Å²) in [5, 5.41) is 13.5. The lowest BCUT2D eigenvalue weighted by Crippen LogP contribution is -2.21. The van der Waals surface area contributed by atoms with Gasteiger partial charge in [0.25, 0.3) is 0 Å². The molecule has 2 aromatic rings. The first-order valence-corrected chi connectivity index (χ1v) is 5.90. The average molecular weight is 233 g/mol. The zero-order chi connectivity index (χ0) is 11.7. The molecule has 0 bridgehead atoms. The van der Waals surface area contributed by atoms with Gasteiger partial charge in [0, 0.05) is 6.61 Å². The summed E-state index contributed by atoms with van der Waals surface area (Å²) in [6.07, 6.45) is 4.12. The van der Waals surface area contributed by atoms with Gasteiger partial charge in [0.2, 0.25) is 0 Å². The number of pyridine rings is 1. The lowest BCUT2D eigenvalue weighted by Gasteiger charge is -2.21. The molecular formula is C12H15N3O2. The quantitative estimate of drug-likeness (QED) is 0.848. The van der Waals surface area contributed by atoms with Gasteiger partial charge >= 0.3 is 0 Å². The van der Waals surface area contributed by atoms with Gasteiger partial charge in [-0.2, -0.15) is 5.10 Å². The van der Waals surface area contributed by atoms with Crippen molar-refractivity contribution >= 4 is 11.0 Å². The number of aromatic nitrogens is 3. The Hall–Kier alpha value is -1.46. The van der Waals surface area contributed by atoms with E-state index in [1.54, 1.807) is 6.07 Å². The Balaban J connectivity index is 1.95. The smallest absolute Gasteiger partial charge is 0.111 e. The molecular weight excluding hydrogens is 218 g/mol. The van der Waals surface area contributed by atoms with Gasteiger partial charge in [0.05, 0.1) is 31.1 Å². The second-order valence-corrected chi connectivity index (χ2v) is 4.35. The molecule has 1 fully saturated rings. The normalized spacial score (nSPS) is 20.9. The molecule has 0 aliphatic carbocycles. The van der Waals surface area contributed by atoms with E-state index in [4.69, 9.17) is 9.84 Å². The van der Waals surface area contributed by atoms with E-state index < -0.39 is 0 Å². The monoisotopic (exact) mass is 233 g/mol. The van der Waals surface area contributed by atoms with Crippen molar-refractivity contribution in [1.29, 1.82) is 0 Å². The third-order valence-corrected chi connectivity index (χ3v) is 3.11. The highest BCUT2D eigenvalue weighted by Gasteiger charge is 2.17. The van der Waals surface area contributed by atoms with Crippen molar-refractivity contribution in [2.75, 3.05) is 13.2 Å². The molecule has 5 heteroatoms. The van der Waals surface area contributed by atoms with Crippen molar-refractivity contribution in [3.8, 4) is 0 Å².